The van der Waals surface area contributed by atoms with Crippen molar-refractivity contribution in [1.82, 2.24) is 24.8 Å². The Bertz CT molecular complexity index is 1220. The number of hydrogen-bond acceptors (Lipinski definition) is 8. The van der Waals surface area contributed by atoms with Gasteiger partial charge in [-0.25, -0.2) is 9.78 Å². The first-order valence-corrected chi connectivity index (χ1v) is 11.5. The summed E-state index contributed by atoms with van der Waals surface area (Å²) in [5, 5.41) is 2.96. The summed E-state index contributed by atoms with van der Waals surface area (Å²) in [4.78, 5) is 35.2. The Kier molecular flexibility index (Phi) is 6.57. The highest BCUT2D eigenvalue weighted by Gasteiger charge is 2.21. The minimum absolute atomic E-state index is 0.0673. The number of carbonyl (C=O) groups is 1. The average molecular weight is 466 g/mol. The third-order valence-electron chi connectivity index (χ3n) is 6.17. The van der Waals surface area contributed by atoms with Crippen LogP contribution in [0.1, 0.15) is 18.4 Å². The summed E-state index contributed by atoms with van der Waals surface area (Å²) in [5.41, 5.74) is 2.22. The lowest BCUT2D eigenvalue weighted by molar-refractivity contribution is 0.125. The van der Waals surface area contributed by atoms with Crippen LogP contribution >= 0.6 is 0 Å². The number of piperidine rings is 1. The van der Waals surface area contributed by atoms with Crippen LogP contribution in [0.3, 0.4) is 0 Å². The summed E-state index contributed by atoms with van der Waals surface area (Å²) in [6.07, 6.45) is 5.93. The van der Waals surface area contributed by atoms with Crippen molar-refractivity contribution >= 4 is 17.1 Å². The lowest BCUT2D eigenvalue weighted by Crippen LogP contribution is -2.45. The third-order valence-corrected chi connectivity index (χ3v) is 6.17. The minimum Gasteiger partial charge on any atom is -0.486 e. The number of ether oxygens (including phenoxy) is 3. The van der Waals surface area contributed by atoms with Gasteiger partial charge in [0.05, 0.1) is 23.4 Å². The molecule has 1 saturated heterocycles. The zero-order valence-corrected chi connectivity index (χ0v) is 18.8. The summed E-state index contributed by atoms with van der Waals surface area (Å²) in [5.74, 6) is 1.39. The van der Waals surface area contributed by atoms with Crippen LogP contribution in [-0.2, 0) is 17.9 Å². The molecule has 2 aliphatic heterocycles. The van der Waals surface area contributed by atoms with Gasteiger partial charge in [-0.15, -0.1) is 0 Å². The van der Waals surface area contributed by atoms with Crippen molar-refractivity contribution in [1.29, 1.82) is 0 Å². The lowest BCUT2D eigenvalue weighted by atomic mass is 10.1. The Hall–Kier alpha value is -3.66. The highest BCUT2D eigenvalue weighted by molar-refractivity contribution is 5.72. The number of benzene rings is 1. The lowest BCUT2D eigenvalue weighted by Gasteiger charge is -2.32. The van der Waals surface area contributed by atoms with Crippen molar-refractivity contribution in [2.45, 2.75) is 32.0 Å². The fraction of sp³-hybridized carbons (Fsp3) is 0.417. The second kappa shape index (κ2) is 10.1. The Morgan fingerprint density at radius 2 is 1.91 bits per heavy atom. The van der Waals surface area contributed by atoms with Gasteiger partial charge in [0.25, 0.3) is 5.56 Å². The molecule has 5 rings (SSSR count). The Balaban J connectivity index is 1.06. The molecule has 0 radical (unpaired) electrons. The zero-order chi connectivity index (χ0) is 23.3. The molecule has 0 atom stereocenters. The predicted molar refractivity (Wildman–Crippen MR) is 124 cm³/mol. The van der Waals surface area contributed by atoms with Gasteiger partial charge < -0.3 is 29.0 Å². The summed E-state index contributed by atoms with van der Waals surface area (Å²) >= 11 is 0. The van der Waals surface area contributed by atoms with Crippen LogP contribution in [0.2, 0.25) is 0 Å². The summed E-state index contributed by atoms with van der Waals surface area (Å²) in [6, 6.07) is 7.41. The van der Waals surface area contributed by atoms with Gasteiger partial charge in [0.2, 0.25) is 0 Å². The maximum absolute atomic E-state index is 12.3. The molecule has 1 amide bonds. The predicted octanol–water partition coefficient (Wildman–Crippen LogP) is 1.95. The summed E-state index contributed by atoms with van der Waals surface area (Å²) < 4.78 is 18.2. The van der Waals surface area contributed by atoms with Crippen molar-refractivity contribution in [2.75, 3.05) is 32.8 Å². The molecule has 0 spiro atoms. The number of pyridine rings is 1. The number of carbonyl (C=O) groups excluding carboxylic acids is 1. The van der Waals surface area contributed by atoms with E-state index in [9.17, 15) is 9.59 Å². The number of fused-ring (bicyclic) bond motifs is 2. The molecular formula is C24H27N5O5. The Morgan fingerprint density at radius 1 is 1.09 bits per heavy atom. The normalized spacial score (nSPS) is 16.4. The largest absolute Gasteiger partial charge is 0.486 e. The number of hydrogen-bond donors (Lipinski definition) is 1. The van der Waals surface area contributed by atoms with Gasteiger partial charge in [0, 0.05) is 38.4 Å². The Morgan fingerprint density at radius 3 is 2.76 bits per heavy atom. The fourth-order valence-electron chi connectivity index (χ4n) is 4.32. The second-order valence-corrected chi connectivity index (χ2v) is 8.43. The van der Waals surface area contributed by atoms with E-state index in [0.717, 1.165) is 49.1 Å². The van der Waals surface area contributed by atoms with Gasteiger partial charge in [0.15, 0.2) is 11.5 Å². The first-order valence-electron chi connectivity index (χ1n) is 11.5. The number of rotatable bonds is 6. The number of nitrogens with zero attached hydrogens (tertiary/aromatic N) is 4. The van der Waals surface area contributed by atoms with Gasteiger partial charge in [0.1, 0.15) is 19.8 Å². The van der Waals surface area contributed by atoms with Crippen LogP contribution in [0.25, 0.3) is 11.0 Å². The molecule has 0 unspecified atom stereocenters. The van der Waals surface area contributed by atoms with Crippen LogP contribution in [0.4, 0.5) is 4.79 Å². The van der Waals surface area contributed by atoms with Crippen molar-refractivity contribution in [3.63, 3.8) is 0 Å². The van der Waals surface area contributed by atoms with E-state index in [1.54, 1.807) is 23.0 Å². The van der Waals surface area contributed by atoms with E-state index in [1.165, 1.54) is 6.20 Å². The van der Waals surface area contributed by atoms with E-state index in [-0.39, 0.29) is 18.2 Å². The molecular weight excluding hydrogens is 438 g/mol. The molecule has 4 heterocycles. The van der Waals surface area contributed by atoms with Gasteiger partial charge in [-0.3, -0.25) is 9.78 Å². The molecule has 1 N–H and O–H groups in total. The number of likely N-dealkylation sites (tertiary alicyclic amines) is 1. The average Bonchev–Trinajstić information content (AvgIpc) is 2.87. The smallest absolute Gasteiger partial charge is 0.407 e. The minimum atomic E-state index is -0.421. The molecule has 3 aromatic rings. The quantitative estimate of drug-likeness (QED) is 0.589. The van der Waals surface area contributed by atoms with Crippen LogP contribution in [0.5, 0.6) is 11.5 Å². The number of alkyl carbamates (subject to hydrolysis) is 1. The van der Waals surface area contributed by atoms with E-state index in [0.29, 0.717) is 31.3 Å². The molecule has 2 aliphatic rings. The van der Waals surface area contributed by atoms with Gasteiger partial charge in [-0.2, -0.15) is 0 Å². The molecule has 10 nitrogen and oxygen atoms in total. The van der Waals surface area contributed by atoms with Gasteiger partial charge in [-0.05, 0) is 36.6 Å². The molecule has 0 bridgehead atoms. The summed E-state index contributed by atoms with van der Waals surface area (Å²) in [7, 11) is 0. The number of aromatic nitrogens is 3. The molecule has 1 fully saturated rings. The van der Waals surface area contributed by atoms with E-state index in [2.05, 4.69) is 20.2 Å². The highest BCUT2D eigenvalue weighted by Crippen LogP contribution is 2.30. The van der Waals surface area contributed by atoms with E-state index in [1.807, 2.05) is 18.2 Å². The van der Waals surface area contributed by atoms with Crippen LogP contribution in [0, 0.1) is 0 Å². The topological polar surface area (TPSA) is 108 Å². The van der Waals surface area contributed by atoms with Crippen LogP contribution in [0.15, 0.2) is 47.7 Å². The molecule has 178 valence electrons. The SMILES string of the molecule is O=C(NC1CCN(CCn2c(=O)cnc3ccncc32)CC1)OCc1ccc2c(c1)OCCO2. The van der Waals surface area contributed by atoms with Crippen molar-refractivity contribution in [3.8, 4) is 11.5 Å². The van der Waals surface area contributed by atoms with E-state index in [4.69, 9.17) is 14.2 Å². The molecule has 0 aliphatic carbocycles. The summed E-state index contributed by atoms with van der Waals surface area (Å²) in [6.45, 7) is 4.22. The standard InChI is InChI=1S/C24H27N5O5/c30-23-15-26-19-3-6-25-14-20(19)29(23)10-9-28-7-4-18(5-8-28)27-24(31)34-16-17-1-2-21-22(13-17)33-12-11-32-21/h1-3,6,13-15,18H,4-5,7-12,16H2,(H,27,31). The molecule has 10 heteroatoms. The van der Waals surface area contributed by atoms with Crippen molar-refractivity contribution in [3.05, 3.63) is 58.8 Å². The van der Waals surface area contributed by atoms with E-state index >= 15 is 0 Å². The number of amides is 1. The number of nitrogens with one attached hydrogen (secondary N) is 1. The fourth-order valence-corrected chi connectivity index (χ4v) is 4.32. The zero-order valence-electron chi connectivity index (χ0n) is 18.8. The molecule has 0 saturated carbocycles. The van der Waals surface area contributed by atoms with Crippen LogP contribution < -0.4 is 20.3 Å². The first kappa shape index (κ1) is 22.1. The van der Waals surface area contributed by atoms with Crippen molar-refractivity contribution in [2.24, 2.45) is 0 Å². The second-order valence-electron chi connectivity index (χ2n) is 8.43. The van der Waals surface area contributed by atoms with Crippen molar-refractivity contribution < 1.29 is 19.0 Å². The van der Waals surface area contributed by atoms with Crippen LogP contribution in [-0.4, -0.2) is 64.4 Å². The maximum atomic E-state index is 12.3. The molecule has 1 aromatic carbocycles. The maximum Gasteiger partial charge on any atom is 0.407 e. The third kappa shape index (κ3) is 5.12. The Labute approximate surface area is 196 Å². The van der Waals surface area contributed by atoms with Gasteiger partial charge in [-0.1, -0.05) is 6.07 Å². The highest BCUT2D eigenvalue weighted by atomic mass is 16.6. The molecule has 34 heavy (non-hydrogen) atoms. The first-order chi connectivity index (χ1) is 16.7. The van der Waals surface area contributed by atoms with Gasteiger partial charge >= 0.3 is 6.09 Å². The van der Waals surface area contributed by atoms with E-state index < -0.39 is 6.09 Å². The monoisotopic (exact) mass is 465 g/mol. The molecule has 2 aromatic heterocycles.